The zero-order valence-electron chi connectivity index (χ0n) is 13.5. The molecule has 2 aliphatic rings. The Bertz CT molecular complexity index is 748. The summed E-state index contributed by atoms with van der Waals surface area (Å²) >= 11 is 0. The first-order valence-electron chi connectivity index (χ1n) is 7.88. The molecule has 2 amide bonds. The highest BCUT2D eigenvalue weighted by molar-refractivity contribution is 6.41. The molecule has 0 saturated carbocycles. The number of amides is 2. The number of nitrogens with zero attached hydrogens (tertiary/aromatic N) is 2. The quantitative estimate of drug-likeness (QED) is 0.626. The molecule has 3 atom stereocenters. The van der Waals surface area contributed by atoms with E-state index < -0.39 is 47.3 Å². The number of benzene rings is 1. The number of piperidine rings is 2. The zero-order valence-corrected chi connectivity index (χ0v) is 13.5. The molecule has 25 heavy (non-hydrogen) atoms. The Labute approximate surface area is 143 Å². The Balaban J connectivity index is 1.85. The van der Waals surface area contributed by atoms with E-state index in [1.54, 1.807) is 0 Å². The van der Waals surface area contributed by atoms with E-state index in [2.05, 4.69) is 0 Å². The standard InChI is InChI=1S/C17H17FN2O5/c1-19-13(17(24)25)11-6-7-20(8-9-2-4-10(18)5-3-9)15(22)12(11)14(21)16(19)23/h2-5,11-13H,6-8H2,1H3,(H,24,25). The van der Waals surface area contributed by atoms with E-state index in [1.165, 1.54) is 36.2 Å². The lowest BCUT2D eigenvalue weighted by Gasteiger charge is -2.45. The van der Waals surface area contributed by atoms with Gasteiger partial charge < -0.3 is 14.9 Å². The first-order valence-corrected chi connectivity index (χ1v) is 7.88. The lowest BCUT2D eigenvalue weighted by molar-refractivity contribution is -0.170. The third-order valence-corrected chi connectivity index (χ3v) is 4.91. The molecule has 132 valence electrons. The van der Waals surface area contributed by atoms with E-state index in [1.807, 2.05) is 0 Å². The van der Waals surface area contributed by atoms with E-state index in [0.29, 0.717) is 12.0 Å². The molecule has 2 fully saturated rings. The Morgan fingerprint density at radius 1 is 1.24 bits per heavy atom. The number of aliphatic carboxylic acids is 1. The van der Waals surface area contributed by atoms with Crippen LogP contribution >= 0.6 is 0 Å². The molecule has 2 saturated heterocycles. The number of hydrogen-bond acceptors (Lipinski definition) is 4. The minimum Gasteiger partial charge on any atom is -0.480 e. The summed E-state index contributed by atoms with van der Waals surface area (Å²) in [6, 6.07) is 4.44. The van der Waals surface area contributed by atoms with Gasteiger partial charge in [-0.25, -0.2) is 9.18 Å². The SMILES string of the molecule is CN1C(=O)C(=O)C2C(=O)N(Cc3ccc(F)cc3)CCC2C1C(=O)O. The Kier molecular flexibility index (Phi) is 4.28. The second-order valence-corrected chi connectivity index (χ2v) is 6.38. The predicted molar refractivity (Wildman–Crippen MR) is 82.6 cm³/mol. The molecule has 7 nitrogen and oxygen atoms in total. The van der Waals surface area contributed by atoms with Crippen molar-refractivity contribution in [3.8, 4) is 0 Å². The van der Waals surface area contributed by atoms with E-state index in [0.717, 1.165) is 4.90 Å². The molecule has 0 radical (unpaired) electrons. The highest BCUT2D eigenvalue weighted by atomic mass is 19.1. The van der Waals surface area contributed by atoms with Crippen molar-refractivity contribution < 1.29 is 28.7 Å². The molecule has 0 aliphatic carbocycles. The molecule has 2 aliphatic heterocycles. The molecular weight excluding hydrogens is 331 g/mol. The van der Waals surface area contributed by atoms with Crippen molar-refractivity contribution in [2.75, 3.05) is 13.6 Å². The van der Waals surface area contributed by atoms with Crippen LogP contribution in [0.3, 0.4) is 0 Å². The van der Waals surface area contributed by atoms with Gasteiger partial charge in [-0.1, -0.05) is 12.1 Å². The second kappa shape index (κ2) is 6.27. The molecule has 1 aromatic rings. The molecule has 0 spiro atoms. The number of carbonyl (C=O) groups excluding carboxylic acids is 3. The fourth-order valence-corrected chi connectivity index (χ4v) is 3.64. The van der Waals surface area contributed by atoms with Gasteiger partial charge in [0.15, 0.2) is 0 Å². The molecule has 1 aromatic carbocycles. The summed E-state index contributed by atoms with van der Waals surface area (Å²) in [5.74, 6) is -5.97. The van der Waals surface area contributed by atoms with Crippen LogP contribution in [0.2, 0.25) is 0 Å². The van der Waals surface area contributed by atoms with E-state index in [-0.39, 0.29) is 13.1 Å². The van der Waals surface area contributed by atoms with Crippen molar-refractivity contribution in [3.05, 3.63) is 35.6 Å². The lowest BCUT2D eigenvalue weighted by Crippen LogP contribution is -2.64. The van der Waals surface area contributed by atoms with Gasteiger partial charge in [-0.3, -0.25) is 14.4 Å². The third-order valence-electron chi connectivity index (χ3n) is 4.91. The first-order chi connectivity index (χ1) is 11.8. The van der Waals surface area contributed by atoms with Crippen LogP contribution in [-0.4, -0.2) is 58.1 Å². The number of halogens is 1. The summed E-state index contributed by atoms with van der Waals surface area (Å²) in [6.07, 6.45) is 0.304. The minimum atomic E-state index is -1.26. The van der Waals surface area contributed by atoms with Gasteiger partial charge in [0.05, 0.1) is 0 Å². The highest BCUT2D eigenvalue weighted by Crippen LogP contribution is 2.35. The van der Waals surface area contributed by atoms with Gasteiger partial charge in [0.2, 0.25) is 11.7 Å². The summed E-state index contributed by atoms with van der Waals surface area (Å²) in [7, 11) is 1.27. The van der Waals surface area contributed by atoms with Gasteiger partial charge in [-0.05, 0) is 24.1 Å². The number of carbonyl (C=O) groups is 4. The normalized spacial score (nSPS) is 26.6. The lowest BCUT2D eigenvalue weighted by atomic mass is 9.73. The minimum absolute atomic E-state index is 0.178. The summed E-state index contributed by atoms with van der Waals surface area (Å²) in [4.78, 5) is 50.9. The number of likely N-dealkylation sites (tertiary alicyclic amines) is 2. The molecule has 3 unspecified atom stereocenters. The maximum Gasteiger partial charge on any atom is 0.326 e. The third kappa shape index (κ3) is 2.88. The monoisotopic (exact) mass is 348 g/mol. The van der Waals surface area contributed by atoms with Gasteiger partial charge in [-0.2, -0.15) is 0 Å². The number of rotatable bonds is 3. The Morgan fingerprint density at radius 3 is 2.48 bits per heavy atom. The van der Waals surface area contributed by atoms with Crippen LogP contribution in [0.15, 0.2) is 24.3 Å². The maximum absolute atomic E-state index is 13.0. The van der Waals surface area contributed by atoms with Gasteiger partial charge in [-0.15, -0.1) is 0 Å². The zero-order chi connectivity index (χ0) is 18.3. The van der Waals surface area contributed by atoms with Crippen LogP contribution in [0.4, 0.5) is 4.39 Å². The Hall–Kier alpha value is -2.77. The van der Waals surface area contributed by atoms with Crippen LogP contribution in [0.5, 0.6) is 0 Å². The molecule has 8 heteroatoms. The number of ketones is 1. The van der Waals surface area contributed by atoms with Gasteiger partial charge in [0.25, 0.3) is 5.91 Å². The highest BCUT2D eigenvalue weighted by Gasteiger charge is 2.55. The molecule has 2 heterocycles. The van der Waals surface area contributed by atoms with Gasteiger partial charge >= 0.3 is 5.97 Å². The average molecular weight is 348 g/mol. The van der Waals surface area contributed by atoms with Crippen molar-refractivity contribution in [2.45, 2.75) is 19.0 Å². The summed E-state index contributed by atoms with van der Waals surface area (Å²) < 4.78 is 13.0. The average Bonchev–Trinajstić information content (AvgIpc) is 2.57. The van der Waals surface area contributed by atoms with Crippen LogP contribution in [0.25, 0.3) is 0 Å². The smallest absolute Gasteiger partial charge is 0.326 e. The number of Topliss-reactive ketones (excluding diaryl/α,β-unsaturated/α-hetero) is 1. The van der Waals surface area contributed by atoms with Crippen LogP contribution < -0.4 is 0 Å². The number of likely N-dealkylation sites (N-methyl/N-ethyl adjacent to an activating group) is 1. The van der Waals surface area contributed by atoms with Crippen molar-refractivity contribution in [3.63, 3.8) is 0 Å². The molecule has 0 aromatic heterocycles. The molecule has 3 rings (SSSR count). The Morgan fingerprint density at radius 2 is 1.88 bits per heavy atom. The number of fused-ring (bicyclic) bond motifs is 1. The first kappa shape index (κ1) is 17.1. The van der Waals surface area contributed by atoms with Crippen molar-refractivity contribution in [1.82, 2.24) is 9.80 Å². The fraction of sp³-hybridized carbons (Fsp3) is 0.412. The predicted octanol–water partition coefficient (Wildman–Crippen LogP) is 0.285. The van der Waals surface area contributed by atoms with Gasteiger partial charge in [0.1, 0.15) is 17.8 Å². The van der Waals surface area contributed by atoms with E-state index >= 15 is 0 Å². The summed E-state index contributed by atoms with van der Waals surface area (Å²) in [5.41, 5.74) is 0.690. The topological polar surface area (TPSA) is 95.0 Å². The van der Waals surface area contributed by atoms with Crippen molar-refractivity contribution >= 4 is 23.6 Å². The number of hydrogen-bond donors (Lipinski definition) is 1. The molecular formula is C17H17FN2O5. The second-order valence-electron chi connectivity index (χ2n) is 6.38. The molecule has 0 bridgehead atoms. The van der Waals surface area contributed by atoms with Crippen LogP contribution in [0, 0.1) is 17.7 Å². The summed E-state index contributed by atoms with van der Waals surface area (Å²) in [5, 5.41) is 9.40. The molecule has 1 N–H and O–H groups in total. The van der Waals surface area contributed by atoms with Crippen molar-refractivity contribution in [1.29, 1.82) is 0 Å². The maximum atomic E-state index is 13.0. The van der Waals surface area contributed by atoms with Gasteiger partial charge in [0, 0.05) is 26.1 Å². The van der Waals surface area contributed by atoms with E-state index in [4.69, 9.17) is 0 Å². The van der Waals surface area contributed by atoms with E-state index in [9.17, 15) is 28.7 Å². The van der Waals surface area contributed by atoms with Crippen LogP contribution in [0.1, 0.15) is 12.0 Å². The number of carboxylic acid groups (broad SMARTS) is 1. The largest absolute Gasteiger partial charge is 0.480 e. The van der Waals surface area contributed by atoms with Crippen molar-refractivity contribution in [2.24, 2.45) is 11.8 Å². The number of carboxylic acids is 1. The van der Waals surface area contributed by atoms with Crippen LogP contribution in [-0.2, 0) is 25.7 Å². The summed E-state index contributed by atoms with van der Waals surface area (Å²) in [6.45, 7) is 0.452. The fourth-order valence-electron chi connectivity index (χ4n) is 3.64.